The molecule has 0 aliphatic carbocycles. The van der Waals surface area contributed by atoms with Crippen molar-refractivity contribution in [1.29, 1.82) is 0 Å². The van der Waals surface area contributed by atoms with Gasteiger partial charge in [0.15, 0.2) is 0 Å². The molecule has 0 saturated carbocycles. The molecule has 94 valence electrons. The fraction of sp³-hybridized carbons (Fsp3) is 0.300. The van der Waals surface area contributed by atoms with Gasteiger partial charge < -0.3 is 5.32 Å². The molecular weight excluding hydrogens is 257 g/mol. The third kappa shape index (κ3) is 6.01. The standard InChI is InChI=1S/C10H10ClF3N2O/c11-8-3-1-7(2-4-8)5-6-15-9(17)16-10(12,13)14/h1-4H,5-6H2,(H2,15,16,17). The Balaban J connectivity index is 2.28. The van der Waals surface area contributed by atoms with E-state index in [1.165, 1.54) is 0 Å². The minimum atomic E-state index is -4.70. The van der Waals surface area contributed by atoms with Crippen molar-refractivity contribution in [3.63, 3.8) is 0 Å². The van der Waals surface area contributed by atoms with Crippen LogP contribution in [0.4, 0.5) is 18.0 Å². The van der Waals surface area contributed by atoms with E-state index >= 15 is 0 Å². The Hall–Kier alpha value is -1.43. The first-order valence-electron chi connectivity index (χ1n) is 4.74. The van der Waals surface area contributed by atoms with Crippen LogP contribution >= 0.6 is 11.6 Å². The number of carbonyl (C=O) groups is 1. The molecule has 1 aromatic carbocycles. The van der Waals surface area contributed by atoms with Crippen molar-refractivity contribution in [1.82, 2.24) is 10.6 Å². The zero-order valence-corrected chi connectivity index (χ0v) is 9.40. The van der Waals surface area contributed by atoms with E-state index in [2.05, 4.69) is 5.32 Å². The molecule has 3 nitrogen and oxygen atoms in total. The highest BCUT2D eigenvalue weighted by molar-refractivity contribution is 6.30. The van der Waals surface area contributed by atoms with Crippen molar-refractivity contribution in [2.45, 2.75) is 12.7 Å². The van der Waals surface area contributed by atoms with E-state index in [1.807, 2.05) is 0 Å². The summed E-state index contributed by atoms with van der Waals surface area (Å²) >= 11 is 5.66. The Bertz CT molecular complexity index is 378. The lowest BCUT2D eigenvalue weighted by atomic mass is 10.1. The first kappa shape index (κ1) is 13.6. The van der Waals surface area contributed by atoms with E-state index in [0.29, 0.717) is 11.4 Å². The van der Waals surface area contributed by atoms with Crippen molar-refractivity contribution in [3.8, 4) is 0 Å². The van der Waals surface area contributed by atoms with E-state index in [1.54, 1.807) is 24.3 Å². The van der Waals surface area contributed by atoms with Crippen molar-refractivity contribution in [2.75, 3.05) is 6.54 Å². The summed E-state index contributed by atoms with van der Waals surface area (Å²) in [5.41, 5.74) is 0.877. The van der Waals surface area contributed by atoms with Crippen molar-refractivity contribution in [3.05, 3.63) is 34.9 Å². The van der Waals surface area contributed by atoms with Gasteiger partial charge in [-0.05, 0) is 24.1 Å². The molecule has 1 aromatic rings. The lowest BCUT2D eigenvalue weighted by Crippen LogP contribution is -2.44. The Morgan fingerprint density at radius 3 is 2.35 bits per heavy atom. The minimum Gasteiger partial charge on any atom is -0.338 e. The average Bonchev–Trinajstić information content (AvgIpc) is 2.18. The van der Waals surface area contributed by atoms with Gasteiger partial charge in [-0.15, -0.1) is 0 Å². The average molecular weight is 267 g/mol. The fourth-order valence-electron chi connectivity index (χ4n) is 1.14. The molecule has 0 bridgehead atoms. The zero-order chi connectivity index (χ0) is 12.9. The number of hydrogen-bond donors (Lipinski definition) is 2. The van der Waals surface area contributed by atoms with Gasteiger partial charge in [-0.25, -0.2) is 10.1 Å². The molecule has 7 heteroatoms. The summed E-state index contributed by atoms with van der Waals surface area (Å²) < 4.78 is 35.1. The number of alkyl halides is 3. The quantitative estimate of drug-likeness (QED) is 0.812. The van der Waals surface area contributed by atoms with E-state index in [-0.39, 0.29) is 6.54 Å². The maximum atomic E-state index is 11.7. The Kier molecular flexibility index (Phi) is 4.62. The summed E-state index contributed by atoms with van der Waals surface area (Å²) in [6, 6.07) is 5.57. The molecule has 0 spiro atoms. The van der Waals surface area contributed by atoms with E-state index < -0.39 is 12.3 Å². The lowest BCUT2D eigenvalue weighted by molar-refractivity contribution is -0.145. The van der Waals surface area contributed by atoms with E-state index in [0.717, 1.165) is 10.9 Å². The molecule has 0 aliphatic heterocycles. The van der Waals surface area contributed by atoms with Crippen LogP contribution in [0.2, 0.25) is 5.02 Å². The number of halogens is 4. The normalized spacial score (nSPS) is 11.1. The van der Waals surface area contributed by atoms with Gasteiger partial charge in [0.2, 0.25) is 0 Å². The second-order valence-corrected chi connectivity index (χ2v) is 3.69. The summed E-state index contributed by atoms with van der Waals surface area (Å²) in [5.74, 6) is 0. The van der Waals surface area contributed by atoms with Crippen molar-refractivity contribution >= 4 is 17.6 Å². The first-order valence-corrected chi connectivity index (χ1v) is 5.12. The molecule has 0 aliphatic rings. The van der Waals surface area contributed by atoms with Gasteiger partial charge in [0.25, 0.3) is 0 Å². The lowest BCUT2D eigenvalue weighted by Gasteiger charge is -2.09. The maximum Gasteiger partial charge on any atom is 0.485 e. The van der Waals surface area contributed by atoms with Crippen LogP contribution in [-0.2, 0) is 6.42 Å². The summed E-state index contributed by atoms with van der Waals surface area (Å²) in [5, 5.41) is 3.52. The largest absolute Gasteiger partial charge is 0.485 e. The predicted molar refractivity (Wildman–Crippen MR) is 57.7 cm³/mol. The van der Waals surface area contributed by atoms with Gasteiger partial charge in [-0.3, -0.25) is 0 Å². The number of rotatable bonds is 3. The molecule has 2 N–H and O–H groups in total. The van der Waals surface area contributed by atoms with Gasteiger partial charge in [-0.1, -0.05) is 23.7 Å². The first-order chi connectivity index (χ1) is 7.87. The monoisotopic (exact) mass is 266 g/mol. The SMILES string of the molecule is O=C(NCCc1ccc(Cl)cc1)NC(F)(F)F. The highest BCUT2D eigenvalue weighted by Gasteiger charge is 2.29. The molecule has 0 fully saturated rings. The molecule has 0 saturated heterocycles. The Morgan fingerprint density at radius 1 is 1.24 bits per heavy atom. The molecule has 0 aromatic heterocycles. The number of carbonyl (C=O) groups excluding carboxylic acids is 1. The third-order valence-electron chi connectivity index (χ3n) is 1.87. The second-order valence-electron chi connectivity index (χ2n) is 3.26. The molecule has 0 heterocycles. The summed E-state index contributed by atoms with van der Waals surface area (Å²) in [6.07, 6.45) is -4.27. The smallest absolute Gasteiger partial charge is 0.338 e. The Labute approximate surface area is 101 Å². The molecular formula is C10H10ClF3N2O. The summed E-state index contributed by atoms with van der Waals surface area (Å²) in [7, 11) is 0. The van der Waals surface area contributed by atoms with Gasteiger partial charge >= 0.3 is 12.3 Å². The molecule has 17 heavy (non-hydrogen) atoms. The summed E-state index contributed by atoms with van der Waals surface area (Å²) in [4.78, 5) is 10.7. The number of urea groups is 1. The maximum absolute atomic E-state index is 11.7. The predicted octanol–water partition coefficient (Wildman–Crippen LogP) is 2.70. The van der Waals surface area contributed by atoms with Crippen LogP contribution in [0.25, 0.3) is 0 Å². The van der Waals surface area contributed by atoms with E-state index in [9.17, 15) is 18.0 Å². The topological polar surface area (TPSA) is 41.1 Å². The number of nitrogens with one attached hydrogen (secondary N) is 2. The van der Waals surface area contributed by atoms with Gasteiger partial charge in [0, 0.05) is 11.6 Å². The highest BCUT2D eigenvalue weighted by atomic mass is 35.5. The molecule has 1 rings (SSSR count). The fourth-order valence-corrected chi connectivity index (χ4v) is 1.27. The minimum absolute atomic E-state index is 0.115. The van der Waals surface area contributed by atoms with Crippen LogP contribution in [0.5, 0.6) is 0 Å². The van der Waals surface area contributed by atoms with Gasteiger partial charge in [0.1, 0.15) is 0 Å². The zero-order valence-electron chi connectivity index (χ0n) is 8.64. The summed E-state index contributed by atoms with van der Waals surface area (Å²) in [6.45, 7) is 0.115. The van der Waals surface area contributed by atoms with Gasteiger partial charge in [-0.2, -0.15) is 13.2 Å². The van der Waals surface area contributed by atoms with Crippen LogP contribution in [0.15, 0.2) is 24.3 Å². The van der Waals surface area contributed by atoms with Crippen LogP contribution < -0.4 is 10.6 Å². The molecule has 2 amide bonds. The third-order valence-corrected chi connectivity index (χ3v) is 2.12. The molecule has 0 atom stereocenters. The van der Waals surface area contributed by atoms with Crippen molar-refractivity contribution in [2.24, 2.45) is 0 Å². The van der Waals surface area contributed by atoms with E-state index in [4.69, 9.17) is 11.6 Å². The van der Waals surface area contributed by atoms with Crippen LogP contribution in [-0.4, -0.2) is 18.9 Å². The second kappa shape index (κ2) is 5.77. The highest BCUT2D eigenvalue weighted by Crippen LogP contribution is 2.10. The molecule has 0 radical (unpaired) electrons. The van der Waals surface area contributed by atoms with Gasteiger partial charge in [0.05, 0.1) is 0 Å². The number of benzene rings is 1. The van der Waals surface area contributed by atoms with Crippen LogP contribution in [0.3, 0.4) is 0 Å². The Morgan fingerprint density at radius 2 is 1.82 bits per heavy atom. The van der Waals surface area contributed by atoms with Crippen molar-refractivity contribution < 1.29 is 18.0 Å². The van der Waals surface area contributed by atoms with Crippen LogP contribution in [0.1, 0.15) is 5.56 Å². The number of hydrogen-bond acceptors (Lipinski definition) is 1. The molecule has 0 unspecified atom stereocenters. The number of amides is 2. The van der Waals surface area contributed by atoms with Crippen LogP contribution in [0, 0.1) is 0 Å².